The second-order valence-corrected chi connectivity index (χ2v) is 7.27. The number of aryl methyl sites for hydroxylation is 1. The lowest BCUT2D eigenvalue weighted by atomic mass is 10.1. The summed E-state index contributed by atoms with van der Waals surface area (Å²) in [5.74, 6) is -1.43. The van der Waals surface area contributed by atoms with Crippen LogP contribution < -0.4 is 5.32 Å². The number of ether oxygens (including phenoxy) is 1. The predicted octanol–water partition coefficient (Wildman–Crippen LogP) is 5.23. The molecule has 1 heterocycles. The molecule has 4 aromatic rings. The smallest absolute Gasteiger partial charge is 0.307 e. The number of fused-ring (bicyclic) bond motifs is 1. The van der Waals surface area contributed by atoms with Crippen LogP contribution in [0.1, 0.15) is 23.8 Å². The highest BCUT2D eigenvalue weighted by atomic mass is 19.1. The number of benzene rings is 3. The van der Waals surface area contributed by atoms with E-state index in [4.69, 9.17) is 4.74 Å². The van der Waals surface area contributed by atoms with E-state index in [0.29, 0.717) is 17.7 Å². The van der Waals surface area contributed by atoms with Crippen LogP contribution in [0, 0.1) is 5.82 Å². The van der Waals surface area contributed by atoms with Crippen molar-refractivity contribution in [1.29, 1.82) is 0 Å². The number of amides is 1. The van der Waals surface area contributed by atoms with Crippen LogP contribution in [0.15, 0.2) is 91.0 Å². The summed E-state index contributed by atoms with van der Waals surface area (Å²) in [6.07, 6.45) is -0.651. The van der Waals surface area contributed by atoms with Crippen molar-refractivity contribution < 1.29 is 18.7 Å². The molecule has 160 valence electrons. The fourth-order valence-corrected chi connectivity index (χ4v) is 3.31. The van der Waals surface area contributed by atoms with Gasteiger partial charge in [-0.3, -0.25) is 14.6 Å². The number of esters is 1. The number of hydrogen-bond acceptors (Lipinski definition) is 4. The summed E-state index contributed by atoms with van der Waals surface area (Å²) in [6, 6.07) is 25.8. The fourth-order valence-electron chi connectivity index (χ4n) is 3.31. The number of carbonyl (C=O) groups excluding carboxylic acids is 2. The van der Waals surface area contributed by atoms with Crippen LogP contribution in [-0.4, -0.2) is 16.9 Å². The number of rotatable bonds is 7. The lowest BCUT2D eigenvalue weighted by molar-refractivity contribution is -0.154. The molecule has 32 heavy (non-hydrogen) atoms. The Morgan fingerprint density at radius 2 is 1.59 bits per heavy atom. The number of hydrogen-bond donors (Lipinski definition) is 1. The third kappa shape index (κ3) is 5.35. The molecule has 0 fully saturated rings. The Morgan fingerprint density at radius 1 is 0.875 bits per heavy atom. The third-order valence-corrected chi connectivity index (χ3v) is 4.94. The maximum atomic E-state index is 13.1. The minimum atomic E-state index is -1.13. The normalized spacial score (nSPS) is 11.7. The average molecular weight is 428 g/mol. The van der Waals surface area contributed by atoms with Crippen molar-refractivity contribution in [3.05, 3.63) is 108 Å². The zero-order valence-electron chi connectivity index (χ0n) is 17.2. The number of anilines is 1. The van der Waals surface area contributed by atoms with Crippen LogP contribution in [0.5, 0.6) is 0 Å². The van der Waals surface area contributed by atoms with Gasteiger partial charge in [-0.05, 0) is 36.4 Å². The Kier molecular flexibility index (Phi) is 6.51. The summed E-state index contributed by atoms with van der Waals surface area (Å²) in [5, 5.41) is 3.70. The van der Waals surface area contributed by atoms with Crippen molar-refractivity contribution in [2.24, 2.45) is 0 Å². The lowest BCUT2D eigenvalue weighted by Gasteiger charge is -2.18. The molecule has 0 radical (unpaired) electrons. The van der Waals surface area contributed by atoms with Crippen LogP contribution >= 0.6 is 0 Å². The van der Waals surface area contributed by atoms with Gasteiger partial charge in [0.05, 0.1) is 11.9 Å². The molecule has 3 aromatic carbocycles. The molecule has 0 aliphatic heterocycles. The van der Waals surface area contributed by atoms with Crippen molar-refractivity contribution in [2.45, 2.75) is 18.9 Å². The summed E-state index contributed by atoms with van der Waals surface area (Å²) in [6.45, 7) is 0. The first-order valence-electron chi connectivity index (χ1n) is 10.2. The van der Waals surface area contributed by atoms with E-state index in [-0.39, 0.29) is 6.42 Å². The number of pyridine rings is 1. The van der Waals surface area contributed by atoms with Crippen molar-refractivity contribution in [2.75, 3.05) is 5.32 Å². The van der Waals surface area contributed by atoms with E-state index in [1.807, 2.05) is 42.5 Å². The molecule has 1 aromatic heterocycles. The molecule has 1 amide bonds. The first-order valence-corrected chi connectivity index (χ1v) is 10.2. The molecule has 1 atom stereocenters. The van der Waals surface area contributed by atoms with E-state index < -0.39 is 23.8 Å². The number of aromatic nitrogens is 1. The Labute approximate surface area is 184 Å². The van der Waals surface area contributed by atoms with Crippen LogP contribution in [0.3, 0.4) is 0 Å². The number of nitrogens with zero attached hydrogens (tertiary/aromatic N) is 1. The Bertz CT molecular complexity index is 1230. The lowest BCUT2D eigenvalue weighted by Crippen LogP contribution is -2.26. The minimum absolute atomic E-state index is 0.0818. The summed E-state index contributed by atoms with van der Waals surface area (Å²) in [5.41, 5.74) is 2.59. The molecule has 1 unspecified atom stereocenters. The Hall–Kier alpha value is -4.06. The number of carbonyl (C=O) groups is 2. The molecule has 4 rings (SSSR count). The molecular formula is C26H21FN2O3. The molecule has 5 nitrogen and oxygen atoms in total. The van der Waals surface area contributed by atoms with Crippen LogP contribution in [0.25, 0.3) is 10.9 Å². The standard InChI is InChI=1S/C26H21FN2O3/c27-20-11-14-22(15-12-20)29-26(31)25(19-7-2-1-3-8-19)32-24(30)17-16-21-13-10-18-6-4-5-9-23(18)28-21/h1-15,25H,16-17H2,(H,29,31). The minimum Gasteiger partial charge on any atom is -0.447 e. The first kappa shape index (κ1) is 21.2. The van der Waals surface area contributed by atoms with E-state index in [0.717, 1.165) is 16.6 Å². The molecule has 6 heteroatoms. The van der Waals surface area contributed by atoms with Crippen molar-refractivity contribution in [3.8, 4) is 0 Å². The second-order valence-electron chi connectivity index (χ2n) is 7.27. The highest BCUT2D eigenvalue weighted by Crippen LogP contribution is 2.21. The van der Waals surface area contributed by atoms with Gasteiger partial charge in [-0.15, -0.1) is 0 Å². The van der Waals surface area contributed by atoms with E-state index in [1.165, 1.54) is 24.3 Å². The van der Waals surface area contributed by atoms with Gasteiger partial charge in [-0.25, -0.2) is 4.39 Å². The van der Waals surface area contributed by atoms with Crippen molar-refractivity contribution in [3.63, 3.8) is 0 Å². The molecule has 1 N–H and O–H groups in total. The molecular weight excluding hydrogens is 407 g/mol. The molecule has 0 aliphatic carbocycles. The van der Waals surface area contributed by atoms with E-state index in [2.05, 4.69) is 10.3 Å². The van der Waals surface area contributed by atoms with E-state index >= 15 is 0 Å². The summed E-state index contributed by atoms with van der Waals surface area (Å²) >= 11 is 0. The maximum Gasteiger partial charge on any atom is 0.307 e. The summed E-state index contributed by atoms with van der Waals surface area (Å²) in [7, 11) is 0. The SMILES string of the molecule is O=C(CCc1ccc2ccccc2n1)OC(C(=O)Nc1ccc(F)cc1)c1ccccc1. The first-order chi connectivity index (χ1) is 15.6. The zero-order valence-corrected chi connectivity index (χ0v) is 17.2. The number of halogens is 1. The number of para-hydroxylation sites is 1. The summed E-state index contributed by atoms with van der Waals surface area (Å²) in [4.78, 5) is 30.0. The Morgan fingerprint density at radius 3 is 2.38 bits per heavy atom. The molecule has 0 saturated heterocycles. The zero-order chi connectivity index (χ0) is 22.3. The maximum absolute atomic E-state index is 13.1. The topological polar surface area (TPSA) is 68.3 Å². The van der Waals surface area contributed by atoms with Gasteiger partial charge in [0.2, 0.25) is 6.10 Å². The van der Waals surface area contributed by atoms with Gasteiger partial charge in [0.1, 0.15) is 5.82 Å². The molecule has 0 bridgehead atoms. The molecule has 0 aliphatic rings. The molecule has 0 saturated carbocycles. The average Bonchev–Trinajstić information content (AvgIpc) is 2.83. The highest BCUT2D eigenvalue weighted by molar-refractivity contribution is 5.96. The van der Waals surface area contributed by atoms with E-state index in [9.17, 15) is 14.0 Å². The van der Waals surface area contributed by atoms with Gasteiger partial charge >= 0.3 is 5.97 Å². The van der Waals surface area contributed by atoms with Gasteiger partial charge in [0.25, 0.3) is 5.91 Å². The van der Waals surface area contributed by atoms with Crippen LogP contribution in [-0.2, 0) is 20.7 Å². The summed E-state index contributed by atoms with van der Waals surface area (Å²) < 4.78 is 18.7. The van der Waals surface area contributed by atoms with Gasteiger partial charge in [0, 0.05) is 28.8 Å². The highest BCUT2D eigenvalue weighted by Gasteiger charge is 2.25. The van der Waals surface area contributed by atoms with Crippen molar-refractivity contribution in [1.82, 2.24) is 4.98 Å². The van der Waals surface area contributed by atoms with Gasteiger partial charge < -0.3 is 10.1 Å². The van der Waals surface area contributed by atoms with Crippen LogP contribution in [0.2, 0.25) is 0 Å². The Balaban J connectivity index is 1.44. The monoisotopic (exact) mass is 428 g/mol. The quantitative estimate of drug-likeness (QED) is 0.409. The fraction of sp³-hybridized carbons (Fsp3) is 0.115. The second kappa shape index (κ2) is 9.83. The van der Waals surface area contributed by atoms with Crippen LogP contribution in [0.4, 0.5) is 10.1 Å². The predicted molar refractivity (Wildman–Crippen MR) is 120 cm³/mol. The van der Waals surface area contributed by atoms with Gasteiger partial charge in [-0.1, -0.05) is 54.6 Å². The largest absolute Gasteiger partial charge is 0.447 e. The van der Waals surface area contributed by atoms with Gasteiger partial charge in [0.15, 0.2) is 0 Å². The van der Waals surface area contributed by atoms with Crippen molar-refractivity contribution >= 4 is 28.5 Å². The molecule has 0 spiro atoms. The number of nitrogens with one attached hydrogen (secondary N) is 1. The third-order valence-electron chi connectivity index (χ3n) is 4.94. The van der Waals surface area contributed by atoms with Gasteiger partial charge in [-0.2, -0.15) is 0 Å². The van der Waals surface area contributed by atoms with E-state index in [1.54, 1.807) is 24.3 Å².